The van der Waals surface area contributed by atoms with Gasteiger partial charge in [0.05, 0.1) is 11.9 Å². The first-order chi connectivity index (χ1) is 9.95. The van der Waals surface area contributed by atoms with E-state index >= 15 is 0 Å². The van der Waals surface area contributed by atoms with Gasteiger partial charge >= 0.3 is 0 Å². The van der Waals surface area contributed by atoms with E-state index in [0.29, 0.717) is 6.54 Å². The quantitative estimate of drug-likeness (QED) is 0.319. The highest BCUT2D eigenvalue weighted by Crippen LogP contribution is 2.11. The molecule has 1 unspecified atom stereocenters. The van der Waals surface area contributed by atoms with Crippen molar-refractivity contribution in [2.75, 3.05) is 18.8 Å². The van der Waals surface area contributed by atoms with Crippen molar-refractivity contribution in [3.05, 3.63) is 0 Å². The van der Waals surface area contributed by atoms with Gasteiger partial charge in [-0.15, -0.1) is 0 Å². The molecule has 3 N–H and O–H groups in total. The Kier molecular flexibility index (Phi) is 13.4. The normalized spacial score (nSPS) is 13.5. The van der Waals surface area contributed by atoms with E-state index in [2.05, 4.69) is 12.2 Å². The van der Waals surface area contributed by atoms with Crippen LogP contribution < -0.4 is 5.32 Å². The average Bonchev–Trinajstić information content (AvgIpc) is 2.41. The summed E-state index contributed by atoms with van der Waals surface area (Å²) in [6, 6.07) is 0. The van der Waals surface area contributed by atoms with Gasteiger partial charge in [0, 0.05) is 13.1 Å². The molecular formula is C15H33NO4S. The maximum Gasteiger partial charge on any atom is 0.266 e. The molecule has 0 aromatic carbocycles. The van der Waals surface area contributed by atoms with Crippen molar-refractivity contribution in [3.8, 4) is 0 Å². The second kappa shape index (κ2) is 13.5. The molecule has 0 aliphatic rings. The first-order valence-corrected chi connectivity index (χ1v) is 9.90. The van der Waals surface area contributed by atoms with E-state index in [9.17, 15) is 13.5 Å². The molecular weight excluding hydrogens is 290 g/mol. The Hall–Kier alpha value is -0.170. The number of aliphatic hydroxyl groups excluding tert-OH is 1. The predicted molar refractivity (Wildman–Crippen MR) is 87.1 cm³/mol. The lowest BCUT2D eigenvalue weighted by molar-refractivity contribution is 0.158. The van der Waals surface area contributed by atoms with E-state index in [0.717, 1.165) is 19.3 Å². The molecule has 0 spiro atoms. The summed E-state index contributed by atoms with van der Waals surface area (Å²) < 4.78 is 29.5. The fourth-order valence-electron chi connectivity index (χ4n) is 2.26. The highest BCUT2D eigenvalue weighted by Gasteiger charge is 2.06. The van der Waals surface area contributed by atoms with E-state index in [-0.39, 0.29) is 12.3 Å². The molecule has 21 heavy (non-hydrogen) atoms. The second-order valence-electron chi connectivity index (χ2n) is 5.76. The third-order valence-electron chi connectivity index (χ3n) is 3.56. The number of rotatable bonds is 15. The predicted octanol–water partition coefficient (Wildman–Crippen LogP) is 2.75. The van der Waals surface area contributed by atoms with Gasteiger partial charge in [-0.3, -0.25) is 4.55 Å². The number of nitrogens with one attached hydrogen (secondary N) is 1. The number of unbranched alkanes of at least 4 members (excludes halogenated alkanes) is 8. The molecule has 0 amide bonds. The summed E-state index contributed by atoms with van der Waals surface area (Å²) in [5.41, 5.74) is 0. The second-order valence-corrected chi connectivity index (χ2v) is 7.33. The molecule has 0 bridgehead atoms. The van der Waals surface area contributed by atoms with Crippen molar-refractivity contribution in [1.29, 1.82) is 0 Å². The molecule has 128 valence electrons. The molecule has 5 nitrogen and oxygen atoms in total. The Morgan fingerprint density at radius 3 is 2.00 bits per heavy atom. The molecule has 0 aromatic rings. The SMILES string of the molecule is CCCCCCCCCCCC(O)CNCCS(=O)(=O)O. The van der Waals surface area contributed by atoms with Gasteiger partial charge in [-0.1, -0.05) is 64.7 Å². The smallest absolute Gasteiger partial charge is 0.266 e. The topological polar surface area (TPSA) is 86.6 Å². The summed E-state index contributed by atoms with van der Waals surface area (Å²) in [4.78, 5) is 0. The average molecular weight is 323 g/mol. The van der Waals surface area contributed by atoms with Crippen LogP contribution in [0.5, 0.6) is 0 Å². The molecule has 0 saturated heterocycles. The molecule has 0 fully saturated rings. The molecule has 0 aromatic heterocycles. The summed E-state index contributed by atoms with van der Waals surface area (Å²) in [7, 11) is -3.90. The van der Waals surface area contributed by atoms with Crippen molar-refractivity contribution in [3.63, 3.8) is 0 Å². The zero-order valence-electron chi connectivity index (χ0n) is 13.4. The lowest BCUT2D eigenvalue weighted by Crippen LogP contribution is -2.30. The van der Waals surface area contributed by atoms with Crippen LogP contribution in [0.15, 0.2) is 0 Å². The molecule has 0 radical (unpaired) electrons. The Labute approximate surface area is 130 Å². The lowest BCUT2D eigenvalue weighted by atomic mass is 10.1. The van der Waals surface area contributed by atoms with Crippen LogP contribution in [0, 0.1) is 0 Å². The number of hydrogen-bond acceptors (Lipinski definition) is 4. The molecule has 0 aliphatic carbocycles. The van der Waals surface area contributed by atoms with E-state index < -0.39 is 16.2 Å². The largest absolute Gasteiger partial charge is 0.392 e. The highest BCUT2D eigenvalue weighted by molar-refractivity contribution is 7.85. The summed E-state index contributed by atoms with van der Waals surface area (Å²) in [6.07, 6.45) is 11.6. The van der Waals surface area contributed by atoms with Crippen molar-refractivity contribution >= 4 is 10.1 Å². The standard InChI is InChI=1S/C15H33NO4S/c1-2-3-4-5-6-7-8-9-10-11-15(17)14-16-12-13-21(18,19)20/h15-17H,2-14H2,1H3,(H,18,19,20). The van der Waals surface area contributed by atoms with Crippen LogP contribution in [0.3, 0.4) is 0 Å². The Balaban J connectivity index is 3.24. The maximum atomic E-state index is 10.5. The monoisotopic (exact) mass is 323 g/mol. The van der Waals surface area contributed by atoms with Gasteiger partial charge in [0.2, 0.25) is 0 Å². The number of hydrogen-bond donors (Lipinski definition) is 3. The highest BCUT2D eigenvalue weighted by atomic mass is 32.2. The minimum atomic E-state index is -3.90. The van der Waals surface area contributed by atoms with Gasteiger partial charge < -0.3 is 10.4 Å². The first kappa shape index (κ1) is 20.8. The van der Waals surface area contributed by atoms with E-state index in [4.69, 9.17) is 4.55 Å². The Morgan fingerprint density at radius 2 is 1.48 bits per heavy atom. The van der Waals surface area contributed by atoms with Crippen LogP contribution in [0.1, 0.15) is 71.1 Å². The van der Waals surface area contributed by atoms with Crippen molar-refractivity contribution < 1.29 is 18.1 Å². The summed E-state index contributed by atoms with van der Waals surface area (Å²) in [5, 5.41) is 12.5. The summed E-state index contributed by atoms with van der Waals surface area (Å²) in [5.74, 6) is -0.308. The van der Waals surface area contributed by atoms with Gasteiger partial charge in [-0.2, -0.15) is 8.42 Å². The van der Waals surface area contributed by atoms with E-state index in [1.807, 2.05) is 0 Å². The van der Waals surface area contributed by atoms with Crippen LogP contribution in [0.4, 0.5) is 0 Å². The van der Waals surface area contributed by atoms with E-state index in [1.165, 1.54) is 44.9 Å². The summed E-state index contributed by atoms with van der Waals surface area (Å²) in [6.45, 7) is 2.78. The van der Waals surface area contributed by atoms with Crippen molar-refractivity contribution in [1.82, 2.24) is 5.32 Å². The first-order valence-electron chi connectivity index (χ1n) is 8.29. The third kappa shape index (κ3) is 17.8. The van der Waals surface area contributed by atoms with Gasteiger partial charge in [0.15, 0.2) is 0 Å². The fraction of sp³-hybridized carbons (Fsp3) is 1.00. The molecule has 0 aliphatic heterocycles. The third-order valence-corrected chi connectivity index (χ3v) is 4.28. The molecule has 6 heteroatoms. The van der Waals surface area contributed by atoms with Crippen LogP contribution in [0.2, 0.25) is 0 Å². The van der Waals surface area contributed by atoms with Gasteiger partial charge in [-0.05, 0) is 6.42 Å². The van der Waals surface area contributed by atoms with Crippen molar-refractivity contribution in [2.45, 2.75) is 77.2 Å². The van der Waals surface area contributed by atoms with Gasteiger partial charge in [0.25, 0.3) is 10.1 Å². The fourth-order valence-corrected chi connectivity index (χ4v) is 2.66. The van der Waals surface area contributed by atoms with Crippen LogP contribution in [-0.4, -0.2) is 43.0 Å². The van der Waals surface area contributed by atoms with Gasteiger partial charge in [-0.25, -0.2) is 0 Å². The molecule has 0 saturated carbocycles. The van der Waals surface area contributed by atoms with Gasteiger partial charge in [0.1, 0.15) is 0 Å². The minimum absolute atomic E-state index is 0.174. The molecule has 0 rings (SSSR count). The van der Waals surface area contributed by atoms with E-state index in [1.54, 1.807) is 0 Å². The Morgan fingerprint density at radius 1 is 0.952 bits per heavy atom. The van der Waals surface area contributed by atoms with Crippen LogP contribution in [-0.2, 0) is 10.1 Å². The summed E-state index contributed by atoms with van der Waals surface area (Å²) >= 11 is 0. The molecule has 0 heterocycles. The zero-order valence-corrected chi connectivity index (χ0v) is 14.2. The van der Waals surface area contributed by atoms with Crippen LogP contribution >= 0.6 is 0 Å². The minimum Gasteiger partial charge on any atom is -0.392 e. The lowest BCUT2D eigenvalue weighted by Gasteiger charge is -2.11. The maximum absolute atomic E-state index is 10.5. The Bertz CT molecular complexity index is 320. The van der Waals surface area contributed by atoms with Crippen LogP contribution in [0.25, 0.3) is 0 Å². The van der Waals surface area contributed by atoms with Crippen molar-refractivity contribution in [2.24, 2.45) is 0 Å². The number of aliphatic hydroxyl groups is 1. The molecule has 1 atom stereocenters. The zero-order chi connectivity index (χ0) is 16.0.